The Morgan fingerprint density at radius 1 is 1.47 bits per heavy atom. The van der Waals surface area contributed by atoms with Crippen LogP contribution in [0.2, 0.25) is 0 Å². The van der Waals surface area contributed by atoms with Gasteiger partial charge in [0.2, 0.25) is 0 Å². The molecule has 17 heavy (non-hydrogen) atoms. The number of nitriles is 1. The molecule has 0 fully saturated rings. The van der Waals surface area contributed by atoms with Crippen LogP contribution in [0.5, 0.6) is 0 Å². The Bertz CT molecular complexity index is 368. The number of rotatable bonds is 3. The Morgan fingerprint density at radius 3 is 3.12 bits per heavy atom. The van der Waals surface area contributed by atoms with E-state index in [1.807, 2.05) is 6.07 Å². The largest absolute Gasteiger partial charge is 0.464 e. The molecule has 4 nitrogen and oxygen atoms in total. The van der Waals surface area contributed by atoms with Gasteiger partial charge in [0.1, 0.15) is 6.61 Å². The summed E-state index contributed by atoms with van der Waals surface area (Å²) in [5.74, 6) is -0.226. The predicted molar refractivity (Wildman–Crippen MR) is 62.8 cm³/mol. The van der Waals surface area contributed by atoms with Gasteiger partial charge in [0, 0.05) is 12.2 Å². The van der Waals surface area contributed by atoms with Gasteiger partial charge in [-0.05, 0) is 32.1 Å². The standard InChI is InChI=1S/C13H18N2O2/c14-6-3-7-17-13(16)11-8-10-4-1-2-5-12(10)15-9-11/h11,15H,1-5,7-9H2. The minimum Gasteiger partial charge on any atom is -0.464 e. The van der Waals surface area contributed by atoms with Gasteiger partial charge in [-0.25, -0.2) is 0 Å². The van der Waals surface area contributed by atoms with Gasteiger partial charge >= 0.3 is 5.97 Å². The summed E-state index contributed by atoms with van der Waals surface area (Å²) in [6.45, 7) is 0.905. The van der Waals surface area contributed by atoms with Crippen LogP contribution in [-0.4, -0.2) is 19.1 Å². The first-order valence-corrected chi connectivity index (χ1v) is 6.29. The molecule has 0 radical (unpaired) electrons. The summed E-state index contributed by atoms with van der Waals surface area (Å²) in [5, 5.41) is 11.7. The number of hydrogen-bond acceptors (Lipinski definition) is 4. The fourth-order valence-corrected chi connectivity index (χ4v) is 2.50. The van der Waals surface area contributed by atoms with Crippen molar-refractivity contribution in [2.75, 3.05) is 13.2 Å². The highest BCUT2D eigenvalue weighted by molar-refractivity contribution is 5.73. The van der Waals surface area contributed by atoms with E-state index >= 15 is 0 Å². The summed E-state index contributed by atoms with van der Waals surface area (Å²) in [6, 6.07) is 1.97. The lowest BCUT2D eigenvalue weighted by molar-refractivity contribution is -0.148. The molecule has 0 saturated heterocycles. The zero-order valence-electron chi connectivity index (χ0n) is 10.00. The molecule has 0 saturated carbocycles. The molecule has 1 unspecified atom stereocenters. The second-order valence-corrected chi connectivity index (χ2v) is 4.65. The van der Waals surface area contributed by atoms with Crippen LogP contribution in [0.15, 0.2) is 11.3 Å². The van der Waals surface area contributed by atoms with Crippen LogP contribution in [0.1, 0.15) is 38.5 Å². The number of esters is 1. The van der Waals surface area contributed by atoms with E-state index in [0.29, 0.717) is 6.54 Å². The summed E-state index contributed by atoms with van der Waals surface area (Å²) >= 11 is 0. The molecule has 4 heteroatoms. The fraction of sp³-hybridized carbons (Fsp3) is 0.692. The summed E-state index contributed by atoms with van der Waals surface area (Å²) in [4.78, 5) is 11.8. The maximum atomic E-state index is 11.8. The molecule has 0 amide bonds. The lowest BCUT2D eigenvalue weighted by Gasteiger charge is -2.30. The highest BCUT2D eigenvalue weighted by Gasteiger charge is 2.28. The lowest BCUT2D eigenvalue weighted by atomic mass is 9.86. The molecule has 0 aromatic heterocycles. The van der Waals surface area contributed by atoms with E-state index in [0.717, 1.165) is 19.3 Å². The molecule has 1 heterocycles. The van der Waals surface area contributed by atoms with Crippen molar-refractivity contribution < 1.29 is 9.53 Å². The molecule has 0 spiro atoms. The normalized spacial score (nSPS) is 23.4. The van der Waals surface area contributed by atoms with Crippen LogP contribution >= 0.6 is 0 Å². The molecule has 1 atom stereocenters. The average Bonchev–Trinajstić information content (AvgIpc) is 2.38. The van der Waals surface area contributed by atoms with Crippen molar-refractivity contribution in [3.8, 4) is 6.07 Å². The molecule has 0 aromatic carbocycles. The smallest absolute Gasteiger partial charge is 0.311 e. The Hall–Kier alpha value is -1.50. The van der Waals surface area contributed by atoms with Gasteiger partial charge in [-0.1, -0.05) is 5.57 Å². The summed E-state index contributed by atoms with van der Waals surface area (Å²) in [6.07, 6.45) is 5.85. The van der Waals surface area contributed by atoms with Crippen molar-refractivity contribution in [2.45, 2.75) is 38.5 Å². The Morgan fingerprint density at radius 2 is 2.29 bits per heavy atom. The van der Waals surface area contributed by atoms with E-state index in [-0.39, 0.29) is 24.9 Å². The van der Waals surface area contributed by atoms with Crippen LogP contribution in [0.25, 0.3) is 0 Å². The van der Waals surface area contributed by atoms with E-state index in [4.69, 9.17) is 10.00 Å². The maximum Gasteiger partial charge on any atom is 0.311 e. The van der Waals surface area contributed by atoms with Crippen LogP contribution in [0.4, 0.5) is 0 Å². The third kappa shape index (κ3) is 3.00. The number of nitrogens with one attached hydrogen (secondary N) is 1. The zero-order chi connectivity index (χ0) is 12.1. The first kappa shape index (κ1) is 12.0. The van der Waals surface area contributed by atoms with Crippen molar-refractivity contribution in [2.24, 2.45) is 5.92 Å². The van der Waals surface area contributed by atoms with Crippen LogP contribution < -0.4 is 5.32 Å². The molecule has 92 valence electrons. The van der Waals surface area contributed by atoms with Crippen molar-refractivity contribution in [3.63, 3.8) is 0 Å². The van der Waals surface area contributed by atoms with E-state index in [1.165, 1.54) is 24.1 Å². The highest BCUT2D eigenvalue weighted by Crippen LogP contribution is 2.31. The van der Waals surface area contributed by atoms with E-state index in [2.05, 4.69) is 5.32 Å². The average molecular weight is 234 g/mol. The van der Waals surface area contributed by atoms with Gasteiger partial charge in [-0.3, -0.25) is 4.79 Å². The van der Waals surface area contributed by atoms with Crippen molar-refractivity contribution in [1.82, 2.24) is 5.32 Å². The minimum atomic E-state index is -0.162. The Balaban J connectivity index is 1.86. The number of nitrogens with zero attached hydrogens (tertiary/aromatic N) is 1. The van der Waals surface area contributed by atoms with Gasteiger partial charge in [0.15, 0.2) is 0 Å². The van der Waals surface area contributed by atoms with Gasteiger partial charge < -0.3 is 10.1 Å². The molecule has 1 aliphatic carbocycles. The number of ether oxygens (including phenoxy) is 1. The molecule has 0 bridgehead atoms. The third-order valence-electron chi connectivity index (χ3n) is 3.43. The van der Waals surface area contributed by atoms with Gasteiger partial charge in [0.25, 0.3) is 0 Å². The third-order valence-corrected chi connectivity index (χ3v) is 3.43. The second kappa shape index (κ2) is 5.72. The Kier molecular flexibility index (Phi) is 4.03. The molecule has 2 aliphatic rings. The van der Waals surface area contributed by atoms with Crippen LogP contribution in [0.3, 0.4) is 0 Å². The molecule has 1 N–H and O–H groups in total. The minimum absolute atomic E-state index is 0.0643. The molecular formula is C13H18N2O2. The monoisotopic (exact) mass is 234 g/mol. The van der Waals surface area contributed by atoms with Gasteiger partial charge in [-0.2, -0.15) is 5.26 Å². The van der Waals surface area contributed by atoms with Crippen LogP contribution in [-0.2, 0) is 9.53 Å². The van der Waals surface area contributed by atoms with Gasteiger partial charge in [0.05, 0.1) is 18.4 Å². The van der Waals surface area contributed by atoms with Crippen LogP contribution in [0, 0.1) is 17.2 Å². The first-order chi connectivity index (χ1) is 8.31. The number of hydrogen-bond donors (Lipinski definition) is 1. The van der Waals surface area contributed by atoms with E-state index in [9.17, 15) is 4.79 Å². The summed E-state index contributed by atoms with van der Waals surface area (Å²) < 4.78 is 5.08. The quantitative estimate of drug-likeness (QED) is 0.598. The first-order valence-electron chi connectivity index (χ1n) is 6.29. The van der Waals surface area contributed by atoms with E-state index in [1.54, 1.807) is 0 Å². The molecule has 0 aromatic rings. The van der Waals surface area contributed by atoms with Gasteiger partial charge in [-0.15, -0.1) is 0 Å². The summed E-state index contributed by atoms with van der Waals surface area (Å²) in [7, 11) is 0. The van der Waals surface area contributed by atoms with E-state index < -0.39 is 0 Å². The van der Waals surface area contributed by atoms with Crippen molar-refractivity contribution in [3.05, 3.63) is 11.3 Å². The lowest BCUT2D eigenvalue weighted by Crippen LogP contribution is -2.35. The van der Waals surface area contributed by atoms with Crippen molar-refractivity contribution in [1.29, 1.82) is 5.26 Å². The topological polar surface area (TPSA) is 62.1 Å². The molecular weight excluding hydrogens is 216 g/mol. The number of allylic oxidation sites excluding steroid dienone is 2. The Labute approximate surface area is 102 Å². The number of carbonyl (C=O) groups excluding carboxylic acids is 1. The highest BCUT2D eigenvalue weighted by atomic mass is 16.5. The second-order valence-electron chi connectivity index (χ2n) is 4.65. The van der Waals surface area contributed by atoms with Crippen molar-refractivity contribution >= 4 is 5.97 Å². The summed E-state index contributed by atoms with van der Waals surface area (Å²) in [5.41, 5.74) is 2.77. The molecule has 2 rings (SSSR count). The maximum absolute atomic E-state index is 11.8. The molecule has 1 aliphatic heterocycles. The fourth-order valence-electron chi connectivity index (χ4n) is 2.50. The SMILES string of the molecule is N#CCCOC(=O)C1CNC2=C(CCCC2)C1. The predicted octanol–water partition coefficient (Wildman–Crippen LogP) is 1.88. The zero-order valence-corrected chi connectivity index (χ0v) is 10.00. The number of carbonyl (C=O) groups is 1.